The van der Waals surface area contributed by atoms with Crippen molar-refractivity contribution in [1.82, 2.24) is 14.5 Å². The van der Waals surface area contributed by atoms with E-state index in [1.807, 2.05) is 4.90 Å². The van der Waals surface area contributed by atoms with E-state index in [4.69, 9.17) is 0 Å². The maximum Gasteiger partial charge on any atom is 0.332 e. The topological polar surface area (TPSA) is 76.3 Å². The Morgan fingerprint density at radius 3 is 2.25 bits per heavy atom. The van der Waals surface area contributed by atoms with Crippen molar-refractivity contribution in [1.29, 1.82) is 0 Å². The summed E-state index contributed by atoms with van der Waals surface area (Å²) in [6.45, 7) is 3.94. The van der Waals surface area contributed by atoms with E-state index in [0.29, 0.717) is 38.3 Å². The molecule has 0 unspecified atom stereocenters. The molecule has 1 aliphatic rings. The number of amides is 1. The van der Waals surface area contributed by atoms with Gasteiger partial charge in [0.15, 0.2) is 0 Å². The summed E-state index contributed by atoms with van der Waals surface area (Å²) in [6.07, 6.45) is 2.40. The van der Waals surface area contributed by atoms with Gasteiger partial charge in [0.1, 0.15) is 5.82 Å². The van der Waals surface area contributed by atoms with E-state index in [9.17, 15) is 14.4 Å². The molecule has 1 aromatic heterocycles. The number of anilines is 1. The SMILES string of the molecule is CCc1ccc(CNC(=O)C2CCN(c3cc(=O)n(C)c(=O)n3C)CC2)cc1. The minimum Gasteiger partial charge on any atom is -0.358 e. The summed E-state index contributed by atoms with van der Waals surface area (Å²) in [6, 6.07) is 9.78. The lowest BCUT2D eigenvalue weighted by Crippen LogP contribution is -2.44. The number of hydrogen-bond acceptors (Lipinski definition) is 4. The van der Waals surface area contributed by atoms with Crippen LogP contribution < -0.4 is 21.5 Å². The average molecular weight is 384 g/mol. The fourth-order valence-electron chi connectivity index (χ4n) is 3.62. The van der Waals surface area contributed by atoms with Crippen molar-refractivity contribution in [2.75, 3.05) is 18.0 Å². The Morgan fingerprint density at radius 1 is 1.04 bits per heavy atom. The number of rotatable bonds is 5. The first-order chi connectivity index (χ1) is 13.4. The molecule has 1 aromatic carbocycles. The molecule has 150 valence electrons. The van der Waals surface area contributed by atoms with Crippen LogP contribution >= 0.6 is 0 Å². The van der Waals surface area contributed by atoms with Gasteiger partial charge in [0.05, 0.1) is 0 Å². The zero-order valence-electron chi connectivity index (χ0n) is 16.8. The van der Waals surface area contributed by atoms with Crippen LogP contribution in [0.25, 0.3) is 0 Å². The number of nitrogens with zero attached hydrogens (tertiary/aromatic N) is 3. The molecule has 1 fully saturated rings. The molecule has 0 bridgehead atoms. The monoisotopic (exact) mass is 384 g/mol. The number of carbonyl (C=O) groups is 1. The van der Waals surface area contributed by atoms with Crippen LogP contribution in [0.15, 0.2) is 39.9 Å². The number of aromatic nitrogens is 2. The standard InChI is InChI=1S/C21H28N4O3/c1-4-15-5-7-16(8-6-15)14-22-20(27)17-9-11-25(12-10-17)18-13-19(26)24(3)21(28)23(18)2/h5-8,13,17H,4,9-12,14H2,1-3H3,(H,22,27). The van der Waals surface area contributed by atoms with Crippen molar-refractivity contribution in [3.63, 3.8) is 0 Å². The Bertz CT molecular complexity index is 951. The van der Waals surface area contributed by atoms with Crippen molar-refractivity contribution in [2.45, 2.75) is 32.7 Å². The molecule has 7 heteroatoms. The van der Waals surface area contributed by atoms with E-state index in [1.165, 1.54) is 23.2 Å². The molecule has 7 nitrogen and oxygen atoms in total. The van der Waals surface area contributed by atoms with Crippen LogP contribution in [0.3, 0.4) is 0 Å². The third-order valence-electron chi connectivity index (χ3n) is 5.59. The fraction of sp³-hybridized carbons (Fsp3) is 0.476. The van der Waals surface area contributed by atoms with Crippen molar-refractivity contribution < 1.29 is 4.79 Å². The second-order valence-electron chi connectivity index (χ2n) is 7.39. The van der Waals surface area contributed by atoms with Gasteiger partial charge < -0.3 is 10.2 Å². The predicted molar refractivity (Wildman–Crippen MR) is 110 cm³/mol. The molecule has 0 saturated carbocycles. The van der Waals surface area contributed by atoms with Gasteiger partial charge in [-0.2, -0.15) is 0 Å². The van der Waals surface area contributed by atoms with E-state index in [0.717, 1.165) is 16.6 Å². The van der Waals surface area contributed by atoms with E-state index < -0.39 is 0 Å². The van der Waals surface area contributed by atoms with Crippen LogP contribution in [-0.2, 0) is 31.9 Å². The highest BCUT2D eigenvalue weighted by atomic mass is 16.2. The van der Waals surface area contributed by atoms with Gasteiger partial charge in [-0.25, -0.2) is 4.79 Å². The Kier molecular flexibility index (Phi) is 6.02. The number of piperidine rings is 1. The predicted octanol–water partition coefficient (Wildman–Crippen LogP) is 1.18. The molecule has 2 heterocycles. The average Bonchev–Trinajstić information content (AvgIpc) is 2.73. The van der Waals surface area contributed by atoms with Crippen molar-refractivity contribution in [2.24, 2.45) is 20.0 Å². The van der Waals surface area contributed by atoms with Crippen molar-refractivity contribution >= 4 is 11.7 Å². The first-order valence-corrected chi connectivity index (χ1v) is 9.78. The lowest BCUT2D eigenvalue weighted by atomic mass is 9.95. The minimum atomic E-state index is -0.337. The summed E-state index contributed by atoms with van der Waals surface area (Å²) in [4.78, 5) is 38.6. The highest BCUT2D eigenvalue weighted by Crippen LogP contribution is 2.21. The smallest absolute Gasteiger partial charge is 0.332 e. The number of nitrogens with one attached hydrogen (secondary N) is 1. The zero-order valence-corrected chi connectivity index (χ0v) is 16.8. The van der Waals surface area contributed by atoms with E-state index in [-0.39, 0.29) is 23.1 Å². The van der Waals surface area contributed by atoms with Crippen LogP contribution in [0.1, 0.15) is 30.9 Å². The number of benzene rings is 1. The molecular weight excluding hydrogens is 356 g/mol. The summed E-state index contributed by atoms with van der Waals surface area (Å²) in [5.74, 6) is 0.634. The Hall–Kier alpha value is -2.83. The molecule has 2 aromatic rings. The van der Waals surface area contributed by atoms with Crippen LogP contribution in [0.4, 0.5) is 5.82 Å². The molecular formula is C21H28N4O3. The maximum absolute atomic E-state index is 12.5. The van der Waals surface area contributed by atoms with Gasteiger partial charge in [-0.05, 0) is 30.4 Å². The van der Waals surface area contributed by atoms with Gasteiger partial charge in [0.2, 0.25) is 5.91 Å². The zero-order chi connectivity index (χ0) is 20.3. The van der Waals surface area contributed by atoms with Gasteiger partial charge in [-0.15, -0.1) is 0 Å². The van der Waals surface area contributed by atoms with Crippen LogP contribution in [0.2, 0.25) is 0 Å². The molecule has 1 amide bonds. The molecule has 0 aliphatic carbocycles. The number of carbonyl (C=O) groups excluding carboxylic acids is 1. The van der Waals surface area contributed by atoms with Crippen molar-refractivity contribution in [3.05, 3.63) is 62.3 Å². The van der Waals surface area contributed by atoms with Crippen molar-refractivity contribution in [3.8, 4) is 0 Å². The second kappa shape index (κ2) is 8.46. The third-order valence-corrected chi connectivity index (χ3v) is 5.59. The summed E-state index contributed by atoms with van der Waals surface area (Å²) in [7, 11) is 3.14. The third kappa shape index (κ3) is 4.18. The highest BCUT2D eigenvalue weighted by molar-refractivity contribution is 5.79. The lowest BCUT2D eigenvalue weighted by Gasteiger charge is -2.33. The molecule has 0 spiro atoms. The summed E-state index contributed by atoms with van der Waals surface area (Å²) in [5, 5.41) is 3.03. The Morgan fingerprint density at radius 2 is 1.64 bits per heavy atom. The van der Waals surface area contributed by atoms with E-state index in [1.54, 1.807) is 7.05 Å². The quantitative estimate of drug-likeness (QED) is 0.840. The Labute approximate surface area is 164 Å². The number of hydrogen-bond donors (Lipinski definition) is 1. The molecule has 1 N–H and O–H groups in total. The van der Waals surface area contributed by atoms with E-state index in [2.05, 4.69) is 36.5 Å². The van der Waals surface area contributed by atoms with E-state index >= 15 is 0 Å². The van der Waals surface area contributed by atoms with Gasteiger partial charge in [0, 0.05) is 45.7 Å². The molecule has 28 heavy (non-hydrogen) atoms. The first kappa shape index (κ1) is 19.9. The Balaban J connectivity index is 1.57. The number of aryl methyl sites for hydroxylation is 1. The van der Waals surface area contributed by atoms with Gasteiger partial charge in [0.25, 0.3) is 5.56 Å². The van der Waals surface area contributed by atoms with Crippen LogP contribution in [0, 0.1) is 5.92 Å². The van der Waals surface area contributed by atoms with Crippen LogP contribution in [-0.4, -0.2) is 28.1 Å². The summed E-state index contributed by atoms with van der Waals surface area (Å²) < 4.78 is 2.58. The molecule has 0 radical (unpaired) electrons. The molecule has 0 atom stereocenters. The summed E-state index contributed by atoms with van der Waals surface area (Å²) in [5.41, 5.74) is 1.73. The minimum absolute atomic E-state index is 0.0465. The van der Waals surface area contributed by atoms with Crippen LogP contribution in [0.5, 0.6) is 0 Å². The first-order valence-electron chi connectivity index (χ1n) is 9.78. The highest BCUT2D eigenvalue weighted by Gasteiger charge is 2.26. The largest absolute Gasteiger partial charge is 0.358 e. The molecule has 1 saturated heterocycles. The van der Waals surface area contributed by atoms with Gasteiger partial charge >= 0.3 is 5.69 Å². The molecule has 1 aliphatic heterocycles. The van der Waals surface area contributed by atoms with Gasteiger partial charge in [-0.1, -0.05) is 31.2 Å². The second-order valence-corrected chi connectivity index (χ2v) is 7.39. The summed E-state index contributed by atoms with van der Waals surface area (Å²) >= 11 is 0. The van der Waals surface area contributed by atoms with Gasteiger partial charge in [-0.3, -0.25) is 18.7 Å². The fourth-order valence-corrected chi connectivity index (χ4v) is 3.62. The maximum atomic E-state index is 12.5. The molecule has 3 rings (SSSR count). The lowest BCUT2D eigenvalue weighted by molar-refractivity contribution is -0.125. The normalized spacial score (nSPS) is 14.9.